The number of pyridine rings is 1. The molecule has 5 heteroatoms. The maximum absolute atomic E-state index is 12.4. The van der Waals surface area contributed by atoms with Crippen LogP contribution in [-0.2, 0) is 17.9 Å². The highest BCUT2D eigenvalue weighted by Crippen LogP contribution is 2.13. The van der Waals surface area contributed by atoms with E-state index < -0.39 is 0 Å². The lowest BCUT2D eigenvalue weighted by molar-refractivity contribution is -0.121. The first-order chi connectivity index (χ1) is 10.0. The van der Waals surface area contributed by atoms with Gasteiger partial charge in [-0.25, -0.2) is 0 Å². The van der Waals surface area contributed by atoms with Crippen LogP contribution in [0.3, 0.4) is 0 Å². The second-order valence-electron chi connectivity index (χ2n) is 5.36. The molecule has 0 saturated carbocycles. The van der Waals surface area contributed by atoms with E-state index in [1.807, 2.05) is 44.2 Å². The number of nitrogens with zero attached hydrogens (tertiary/aromatic N) is 1. The molecular weight excluding hydrogens is 266 g/mol. The Balaban J connectivity index is 2.35. The molecular formula is C16H21N3O2. The van der Waals surface area contributed by atoms with E-state index in [1.165, 1.54) is 0 Å². The minimum atomic E-state index is -0.117. The normalized spacial score (nSPS) is 11.0. The molecule has 1 aromatic carbocycles. The Hall–Kier alpha value is -2.14. The van der Waals surface area contributed by atoms with Gasteiger partial charge in [0.05, 0.1) is 5.52 Å². The number of aromatic nitrogens is 1. The van der Waals surface area contributed by atoms with Gasteiger partial charge < -0.3 is 15.6 Å². The third-order valence-corrected chi connectivity index (χ3v) is 3.31. The van der Waals surface area contributed by atoms with E-state index in [0.717, 1.165) is 10.9 Å². The summed E-state index contributed by atoms with van der Waals surface area (Å²) in [5.74, 6) is -0.0564. The Kier molecular flexibility index (Phi) is 4.75. The number of hydrogen-bond acceptors (Lipinski definition) is 3. The van der Waals surface area contributed by atoms with Crippen LogP contribution in [0.4, 0.5) is 0 Å². The fourth-order valence-electron chi connectivity index (χ4n) is 2.36. The van der Waals surface area contributed by atoms with Gasteiger partial charge >= 0.3 is 0 Å². The summed E-state index contributed by atoms with van der Waals surface area (Å²) in [6, 6.07) is 9.55. The number of para-hydroxylation sites is 1. The van der Waals surface area contributed by atoms with E-state index in [1.54, 1.807) is 4.57 Å². The van der Waals surface area contributed by atoms with Crippen molar-refractivity contribution in [3.8, 4) is 0 Å². The lowest BCUT2D eigenvalue weighted by Crippen LogP contribution is -2.32. The number of benzene rings is 1. The van der Waals surface area contributed by atoms with Crippen molar-refractivity contribution in [3.05, 3.63) is 46.2 Å². The molecule has 5 nitrogen and oxygen atoms in total. The molecule has 0 bridgehead atoms. The van der Waals surface area contributed by atoms with Gasteiger partial charge in [0.1, 0.15) is 0 Å². The molecule has 1 aromatic heterocycles. The monoisotopic (exact) mass is 287 g/mol. The minimum absolute atomic E-state index is 0.0564. The van der Waals surface area contributed by atoms with Crippen molar-refractivity contribution in [2.75, 3.05) is 0 Å². The molecule has 0 aliphatic heterocycles. The minimum Gasteiger partial charge on any atom is -0.354 e. The Bertz CT molecular complexity index is 704. The summed E-state index contributed by atoms with van der Waals surface area (Å²) in [4.78, 5) is 24.2. The van der Waals surface area contributed by atoms with Gasteiger partial charge in [0.15, 0.2) is 0 Å². The molecule has 112 valence electrons. The van der Waals surface area contributed by atoms with Crippen molar-refractivity contribution in [1.82, 2.24) is 9.88 Å². The number of fused-ring (bicyclic) bond motifs is 1. The summed E-state index contributed by atoms with van der Waals surface area (Å²) < 4.78 is 1.64. The number of hydrogen-bond donors (Lipinski definition) is 2. The van der Waals surface area contributed by atoms with Gasteiger partial charge in [-0.15, -0.1) is 0 Å². The van der Waals surface area contributed by atoms with Gasteiger partial charge in [0.25, 0.3) is 5.56 Å². The molecule has 0 unspecified atom stereocenters. The van der Waals surface area contributed by atoms with Gasteiger partial charge in [-0.3, -0.25) is 9.59 Å². The lowest BCUT2D eigenvalue weighted by Gasteiger charge is -2.13. The number of carbonyl (C=O) groups is 1. The molecule has 0 radical (unpaired) electrons. The van der Waals surface area contributed by atoms with Crippen LogP contribution in [0, 0.1) is 0 Å². The van der Waals surface area contributed by atoms with E-state index >= 15 is 0 Å². The first-order valence-corrected chi connectivity index (χ1v) is 7.14. The highest BCUT2D eigenvalue weighted by molar-refractivity contribution is 5.80. The molecule has 0 fully saturated rings. The number of nitrogens with two attached hydrogens (primary N) is 1. The molecule has 1 amide bonds. The summed E-state index contributed by atoms with van der Waals surface area (Å²) in [6.45, 7) is 4.37. The average molecular weight is 287 g/mol. The summed E-state index contributed by atoms with van der Waals surface area (Å²) in [6.07, 6.45) is 0.274. The van der Waals surface area contributed by atoms with Crippen molar-refractivity contribution >= 4 is 16.8 Å². The first-order valence-electron chi connectivity index (χ1n) is 7.14. The van der Waals surface area contributed by atoms with E-state index in [0.29, 0.717) is 12.1 Å². The fraction of sp³-hybridized carbons (Fsp3) is 0.375. The molecule has 3 N–H and O–H groups in total. The average Bonchev–Trinajstić information content (AvgIpc) is 2.45. The van der Waals surface area contributed by atoms with Crippen molar-refractivity contribution in [2.24, 2.45) is 5.73 Å². The second kappa shape index (κ2) is 6.54. The predicted molar refractivity (Wildman–Crippen MR) is 84.0 cm³/mol. The van der Waals surface area contributed by atoms with Crippen LogP contribution in [0.2, 0.25) is 0 Å². The highest BCUT2D eigenvalue weighted by atomic mass is 16.2. The molecule has 2 rings (SSSR count). The number of carbonyl (C=O) groups excluding carboxylic acids is 1. The summed E-state index contributed by atoms with van der Waals surface area (Å²) in [5, 5.41) is 3.79. The Morgan fingerprint density at radius 1 is 1.33 bits per heavy atom. The Morgan fingerprint density at radius 2 is 2.05 bits per heavy atom. The highest BCUT2D eigenvalue weighted by Gasteiger charge is 2.10. The smallest absolute Gasteiger partial charge is 0.255 e. The summed E-state index contributed by atoms with van der Waals surface area (Å²) in [5.41, 5.74) is 6.92. The molecule has 21 heavy (non-hydrogen) atoms. The van der Waals surface area contributed by atoms with Crippen LogP contribution >= 0.6 is 0 Å². The van der Waals surface area contributed by atoms with Crippen LogP contribution in [0.25, 0.3) is 10.9 Å². The quantitative estimate of drug-likeness (QED) is 0.872. The first kappa shape index (κ1) is 15.3. The van der Waals surface area contributed by atoms with Gasteiger partial charge in [-0.05, 0) is 31.4 Å². The molecule has 0 saturated heterocycles. The van der Waals surface area contributed by atoms with Gasteiger partial charge in [0.2, 0.25) is 5.91 Å². The summed E-state index contributed by atoms with van der Waals surface area (Å²) >= 11 is 0. The van der Waals surface area contributed by atoms with Crippen LogP contribution in [-0.4, -0.2) is 16.5 Å². The lowest BCUT2D eigenvalue weighted by atomic mass is 10.1. The van der Waals surface area contributed by atoms with Gasteiger partial charge in [-0.1, -0.05) is 18.2 Å². The molecule has 1 heterocycles. The topological polar surface area (TPSA) is 77.1 Å². The fourth-order valence-corrected chi connectivity index (χ4v) is 2.36. The van der Waals surface area contributed by atoms with Crippen LogP contribution < -0.4 is 16.6 Å². The van der Waals surface area contributed by atoms with Crippen LogP contribution in [0.1, 0.15) is 25.8 Å². The Morgan fingerprint density at radius 3 is 2.71 bits per heavy atom. The van der Waals surface area contributed by atoms with E-state index in [9.17, 15) is 9.59 Å². The van der Waals surface area contributed by atoms with Crippen molar-refractivity contribution in [3.63, 3.8) is 0 Å². The molecule has 0 atom stereocenters. The number of amides is 1. The zero-order valence-electron chi connectivity index (χ0n) is 12.4. The van der Waals surface area contributed by atoms with Crippen molar-refractivity contribution in [2.45, 2.75) is 39.4 Å². The molecule has 0 spiro atoms. The third-order valence-electron chi connectivity index (χ3n) is 3.31. The van der Waals surface area contributed by atoms with Gasteiger partial charge in [-0.2, -0.15) is 0 Å². The van der Waals surface area contributed by atoms with Gasteiger partial charge in [0, 0.05) is 31.1 Å². The number of rotatable bonds is 5. The van der Waals surface area contributed by atoms with E-state index in [-0.39, 0.29) is 30.5 Å². The second-order valence-corrected chi connectivity index (χ2v) is 5.36. The molecule has 0 aliphatic rings. The van der Waals surface area contributed by atoms with E-state index in [2.05, 4.69) is 5.32 Å². The maximum Gasteiger partial charge on any atom is 0.255 e. The zero-order chi connectivity index (χ0) is 15.4. The number of nitrogens with one attached hydrogen (secondary N) is 1. The SMILES string of the molecule is CC(C)NC(=O)CCn1c(=O)c(CN)cc2ccccc21. The molecule has 2 aromatic rings. The zero-order valence-corrected chi connectivity index (χ0v) is 12.4. The molecule has 0 aliphatic carbocycles. The predicted octanol–water partition coefficient (Wildman–Crippen LogP) is 1.37. The van der Waals surface area contributed by atoms with Crippen LogP contribution in [0.15, 0.2) is 35.1 Å². The maximum atomic E-state index is 12.4. The van der Waals surface area contributed by atoms with Crippen LogP contribution in [0.5, 0.6) is 0 Å². The Labute approximate surface area is 123 Å². The summed E-state index contributed by atoms with van der Waals surface area (Å²) in [7, 11) is 0. The number of aryl methyl sites for hydroxylation is 1. The van der Waals surface area contributed by atoms with Crippen molar-refractivity contribution < 1.29 is 4.79 Å². The largest absolute Gasteiger partial charge is 0.354 e. The standard InChI is InChI=1S/C16H21N3O2/c1-11(2)18-15(20)7-8-19-14-6-4-3-5-12(14)9-13(10-17)16(19)21/h3-6,9,11H,7-8,10,17H2,1-2H3,(H,18,20). The third kappa shape index (κ3) is 3.49. The van der Waals surface area contributed by atoms with E-state index in [4.69, 9.17) is 5.73 Å². The van der Waals surface area contributed by atoms with Crippen molar-refractivity contribution in [1.29, 1.82) is 0 Å².